The number of carbonyl (C=O) groups excluding carboxylic acids is 1. The summed E-state index contributed by atoms with van der Waals surface area (Å²) in [4.78, 5) is 25.3. The predicted molar refractivity (Wildman–Crippen MR) is 94.8 cm³/mol. The number of benzene rings is 1. The van der Waals surface area contributed by atoms with Gasteiger partial charge in [0, 0.05) is 6.07 Å². The number of hydrogen-bond acceptors (Lipinski definition) is 6. The van der Waals surface area contributed by atoms with Crippen LogP contribution in [0.5, 0.6) is 0 Å². The maximum atomic E-state index is 13.5. The Hall–Kier alpha value is -3.50. The summed E-state index contributed by atoms with van der Waals surface area (Å²) < 4.78 is 58.1. The fourth-order valence-electron chi connectivity index (χ4n) is 2.52. The first-order chi connectivity index (χ1) is 13.6. The first-order valence-corrected chi connectivity index (χ1v) is 8.06. The summed E-state index contributed by atoms with van der Waals surface area (Å²) in [7, 11) is 0.914. The molecule has 0 bridgehead atoms. The molecule has 2 aromatic rings. The largest absolute Gasteiger partial charge is 0.464 e. The number of nitrogens with zero attached hydrogens (tertiary/aromatic N) is 2. The molecule has 1 aromatic heterocycles. The molecule has 1 aromatic carbocycles. The minimum absolute atomic E-state index is 0.120. The van der Waals surface area contributed by atoms with Gasteiger partial charge in [0.05, 0.1) is 18.1 Å². The Morgan fingerprint density at radius 1 is 1.38 bits per heavy atom. The zero-order valence-corrected chi connectivity index (χ0v) is 15.0. The number of carbonyl (C=O) groups is 1. The number of esters is 1. The van der Waals surface area contributed by atoms with E-state index >= 15 is 0 Å². The monoisotopic (exact) mass is 413 g/mol. The van der Waals surface area contributed by atoms with Crippen molar-refractivity contribution in [1.29, 1.82) is 0 Å². The van der Waals surface area contributed by atoms with Crippen molar-refractivity contribution in [3.05, 3.63) is 75.7 Å². The molecule has 0 saturated heterocycles. The fraction of sp³-hybridized carbons (Fsp3) is 0.222. The Balaban J connectivity index is 2.63. The highest BCUT2D eigenvalue weighted by Crippen LogP contribution is 2.39. The van der Waals surface area contributed by atoms with Crippen molar-refractivity contribution in [1.82, 2.24) is 4.98 Å². The van der Waals surface area contributed by atoms with Gasteiger partial charge in [0.25, 0.3) is 0 Å². The smallest absolute Gasteiger partial charge is 0.420 e. The highest BCUT2D eigenvalue weighted by Gasteiger charge is 2.39. The number of rotatable bonds is 7. The zero-order valence-electron chi connectivity index (χ0n) is 15.0. The molecule has 0 spiro atoms. The van der Waals surface area contributed by atoms with Gasteiger partial charge in [0.15, 0.2) is 0 Å². The molecule has 0 aliphatic heterocycles. The van der Waals surface area contributed by atoms with Gasteiger partial charge in [-0.1, -0.05) is 18.2 Å². The van der Waals surface area contributed by atoms with Gasteiger partial charge in [0.1, 0.15) is 17.2 Å². The highest BCUT2D eigenvalue weighted by atomic mass is 19.4. The van der Waals surface area contributed by atoms with Crippen molar-refractivity contribution in [3.63, 3.8) is 0 Å². The highest BCUT2D eigenvalue weighted by molar-refractivity contribution is 5.92. The molecule has 0 aliphatic carbocycles. The van der Waals surface area contributed by atoms with Crippen LogP contribution in [-0.4, -0.2) is 23.0 Å². The van der Waals surface area contributed by atoms with Crippen molar-refractivity contribution in [3.8, 4) is 0 Å². The van der Waals surface area contributed by atoms with Gasteiger partial charge in [-0.05, 0) is 24.1 Å². The van der Waals surface area contributed by atoms with Crippen LogP contribution in [0.3, 0.4) is 0 Å². The fourth-order valence-corrected chi connectivity index (χ4v) is 2.52. The predicted octanol–water partition coefficient (Wildman–Crippen LogP) is 4.66. The van der Waals surface area contributed by atoms with Gasteiger partial charge in [-0.2, -0.15) is 13.2 Å². The van der Waals surface area contributed by atoms with E-state index in [1.54, 1.807) is 0 Å². The maximum Gasteiger partial charge on any atom is 0.420 e. The number of nitrogens with one attached hydrogen (secondary N) is 1. The maximum absolute atomic E-state index is 13.5. The third-order valence-electron chi connectivity index (χ3n) is 3.87. The van der Waals surface area contributed by atoms with E-state index in [4.69, 9.17) is 0 Å². The molecule has 1 N–H and O–H groups in total. The number of pyridine rings is 1. The van der Waals surface area contributed by atoms with Crippen LogP contribution < -0.4 is 5.32 Å². The van der Waals surface area contributed by atoms with E-state index in [1.165, 1.54) is 18.2 Å². The van der Waals surface area contributed by atoms with Gasteiger partial charge in [-0.3, -0.25) is 10.1 Å². The van der Waals surface area contributed by atoms with Gasteiger partial charge >= 0.3 is 17.8 Å². The Morgan fingerprint density at radius 2 is 2.00 bits per heavy atom. The van der Waals surface area contributed by atoms with Crippen molar-refractivity contribution >= 4 is 17.5 Å². The van der Waals surface area contributed by atoms with E-state index in [-0.39, 0.29) is 12.5 Å². The van der Waals surface area contributed by atoms with Crippen LogP contribution in [0.15, 0.2) is 43.0 Å². The standard InChI is InChI=1S/C18H15F4N3O4/c1-3-4-13(10-5-7-11(19)8-6-10)23-16-12(18(20,21)22)9-14(25(27)28)15(24-16)17(26)29-2/h3,5-9,13H,1,4H2,2H3,(H,23,24). The number of methoxy groups -OCH3 is 1. The number of aromatic nitrogens is 1. The van der Waals surface area contributed by atoms with E-state index in [9.17, 15) is 32.5 Å². The lowest BCUT2D eigenvalue weighted by Gasteiger charge is -2.21. The lowest BCUT2D eigenvalue weighted by Crippen LogP contribution is -2.20. The molecule has 2 rings (SSSR count). The summed E-state index contributed by atoms with van der Waals surface area (Å²) >= 11 is 0. The Bertz CT molecular complexity index is 930. The average Bonchev–Trinajstić information content (AvgIpc) is 2.66. The van der Waals surface area contributed by atoms with Gasteiger partial charge < -0.3 is 10.1 Å². The Labute approximate surface area is 162 Å². The van der Waals surface area contributed by atoms with Crippen LogP contribution in [0.2, 0.25) is 0 Å². The summed E-state index contributed by atoms with van der Waals surface area (Å²) in [5.41, 5.74) is -3.05. The minimum Gasteiger partial charge on any atom is -0.464 e. The molecule has 0 amide bonds. The van der Waals surface area contributed by atoms with Crippen LogP contribution in [0.4, 0.5) is 29.1 Å². The normalized spacial score (nSPS) is 12.2. The van der Waals surface area contributed by atoms with Crippen molar-refractivity contribution < 1.29 is 32.0 Å². The SMILES string of the molecule is C=CCC(Nc1nc(C(=O)OC)c([N+](=O)[O-])cc1C(F)(F)F)c1ccc(F)cc1. The van der Waals surface area contributed by atoms with Crippen LogP contribution in [0.25, 0.3) is 0 Å². The lowest BCUT2D eigenvalue weighted by atomic mass is 10.0. The molecule has 1 heterocycles. The van der Waals surface area contributed by atoms with Crippen molar-refractivity contribution in [2.45, 2.75) is 18.6 Å². The van der Waals surface area contributed by atoms with E-state index in [0.29, 0.717) is 5.56 Å². The number of halogens is 4. The van der Waals surface area contributed by atoms with E-state index in [1.807, 2.05) is 0 Å². The summed E-state index contributed by atoms with van der Waals surface area (Å²) in [5.74, 6) is -2.61. The number of nitro groups is 1. The van der Waals surface area contributed by atoms with Crippen LogP contribution in [0, 0.1) is 15.9 Å². The molecular formula is C18H15F4N3O4. The summed E-state index contributed by atoms with van der Waals surface area (Å²) in [5, 5.41) is 13.7. The summed E-state index contributed by atoms with van der Waals surface area (Å²) in [6, 6.07) is 4.36. The molecule has 1 atom stereocenters. The zero-order chi connectivity index (χ0) is 21.8. The van der Waals surface area contributed by atoms with Gasteiger partial charge in [-0.25, -0.2) is 14.2 Å². The minimum atomic E-state index is -5.00. The van der Waals surface area contributed by atoms with Crippen molar-refractivity contribution in [2.75, 3.05) is 12.4 Å². The Morgan fingerprint density at radius 3 is 2.48 bits per heavy atom. The number of ether oxygens (including phenoxy) is 1. The molecule has 0 radical (unpaired) electrons. The van der Waals surface area contributed by atoms with E-state index in [2.05, 4.69) is 21.6 Å². The number of anilines is 1. The molecule has 0 saturated carbocycles. The molecule has 0 fully saturated rings. The average molecular weight is 413 g/mol. The third-order valence-corrected chi connectivity index (χ3v) is 3.87. The molecule has 1 unspecified atom stereocenters. The quantitative estimate of drug-likeness (QED) is 0.233. The second-order valence-electron chi connectivity index (χ2n) is 5.77. The van der Waals surface area contributed by atoms with Crippen LogP contribution >= 0.6 is 0 Å². The molecule has 7 nitrogen and oxygen atoms in total. The van der Waals surface area contributed by atoms with Gasteiger partial charge in [0.2, 0.25) is 5.69 Å². The van der Waals surface area contributed by atoms with Crippen molar-refractivity contribution in [2.24, 2.45) is 0 Å². The van der Waals surface area contributed by atoms with Crippen LogP contribution in [-0.2, 0) is 10.9 Å². The summed E-state index contributed by atoms with van der Waals surface area (Å²) in [6.45, 7) is 3.53. The topological polar surface area (TPSA) is 94.4 Å². The van der Waals surface area contributed by atoms with Gasteiger partial charge in [-0.15, -0.1) is 6.58 Å². The summed E-state index contributed by atoms with van der Waals surface area (Å²) in [6.07, 6.45) is -3.47. The molecular weight excluding hydrogens is 398 g/mol. The first-order valence-electron chi connectivity index (χ1n) is 8.06. The third kappa shape index (κ3) is 5.06. The molecule has 0 aliphatic rings. The first kappa shape index (κ1) is 21.8. The second-order valence-corrected chi connectivity index (χ2v) is 5.77. The lowest BCUT2D eigenvalue weighted by molar-refractivity contribution is -0.385. The molecule has 154 valence electrons. The molecule has 11 heteroatoms. The van der Waals surface area contributed by atoms with E-state index in [0.717, 1.165) is 19.2 Å². The number of alkyl halides is 3. The molecule has 29 heavy (non-hydrogen) atoms. The number of hydrogen-bond donors (Lipinski definition) is 1. The van der Waals surface area contributed by atoms with E-state index < -0.39 is 51.7 Å². The Kier molecular flexibility index (Phi) is 6.52. The second kappa shape index (κ2) is 8.67. The van der Waals surface area contributed by atoms with Crippen LogP contribution in [0.1, 0.15) is 34.1 Å².